The van der Waals surface area contributed by atoms with Gasteiger partial charge in [0, 0.05) is 11.1 Å². The normalized spacial score (nSPS) is 15.4. The zero-order chi connectivity index (χ0) is 17.7. The molecule has 0 aliphatic heterocycles. The molecule has 0 saturated carbocycles. The van der Waals surface area contributed by atoms with Crippen LogP contribution in [0, 0.1) is 0 Å². The first-order valence-corrected chi connectivity index (χ1v) is 7.78. The van der Waals surface area contributed by atoms with Crippen LogP contribution >= 0.6 is 0 Å². The van der Waals surface area contributed by atoms with Crippen LogP contribution < -0.4 is 0 Å². The highest BCUT2D eigenvalue weighted by molar-refractivity contribution is 6.11. The van der Waals surface area contributed by atoms with Crippen molar-refractivity contribution in [2.45, 2.75) is 26.7 Å². The van der Waals surface area contributed by atoms with E-state index in [1.165, 1.54) is 20.5 Å². The quantitative estimate of drug-likeness (QED) is 0.270. The van der Waals surface area contributed by atoms with E-state index in [1.807, 2.05) is 32.0 Å². The van der Waals surface area contributed by atoms with Gasteiger partial charge in [0.15, 0.2) is 5.78 Å². The summed E-state index contributed by atoms with van der Waals surface area (Å²) in [6.45, 7) is 4.03. The SMILES string of the molecule is CO/C=C(\C(=O)OC)C1=C(C(=O)c2ccccc2)CC(C)=C(C)C1. The van der Waals surface area contributed by atoms with Crippen molar-refractivity contribution in [3.05, 3.63) is 70.0 Å². The molecule has 1 aromatic carbocycles. The molecule has 4 heteroatoms. The van der Waals surface area contributed by atoms with Crippen LogP contribution in [-0.4, -0.2) is 26.0 Å². The maximum Gasteiger partial charge on any atom is 0.341 e. The van der Waals surface area contributed by atoms with Crippen LogP contribution in [0.5, 0.6) is 0 Å². The lowest BCUT2D eigenvalue weighted by molar-refractivity contribution is -0.136. The highest BCUT2D eigenvalue weighted by Crippen LogP contribution is 2.35. The van der Waals surface area contributed by atoms with Crippen molar-refractivity contribution in [3.8, 4) is 0 Å². The molecule has 0 radical (unpaired) electrons. The van der Waals surface area contributed by atoms with Crippen molar-refractivity contribution in [3.63, 3.8) is 0 Å². The molecule has 0 unspecified atom stereocenters. The molecule has 24 heavy (non-hydrogen) atoms. The molecule has 2 rings (SSSR count). The first-order chi connectivity index (χ1) is 11.5. The Balaban J connectivity index is 2.57. The number of hydrogen-bond donors (Lipinski definition) is 0. The average molecular weight is 326 g/mol. The number of benzene rings is 1. The summed E-state index contributed by atoms with van der Waals surface area (Å²) in [4.78, 5) is 25.1. The molecule has 1 aliphatic rings. The molecule has 4 nitrogen and oxygen atoms in total. The minimum Gasteiger partial charge on any atom is -0.503 e. The lowest BCUT2D eigenvalue weighted by Gasteiger charge is -2.23. The second kappa shape index (κ2) is 7.77. The van der Waals surface area contributed by atoms with Gasteiger partial charge < -0.3 is 9.47 Å². The Morgan fingerprint density at radius 1 is 0.958 bits per heavy atom. The van der Waals surface area contributed by atoms with Crippen molar-refractivity contribution in [2.24, 2.45) is 0 Å². The van der Waals surface area contributed by atoms with Crippen molar-refractivity contribution >= 4 is 11.8 Å². The highest BCUT2D eigenvalue weighted by atomic mass is 16.5. The minimum absolute atomic E-state index is 0.0663. The van der Waals surface area contributed by atoms with Gasteiger partial charge in [-0.3, -0.25) is 4.79 Å². The van der Waals surface area contributed by atoms with Crippen molar-refractivity contribution in [1.82, 2.24) is 0 Å². The van der Waals surface area contributed by atoms with Gasteiger partial charge in [-0.2, -0.15) is 0 Å². The summed E-state index contributed by atoms with van der Waals surface area (Å²) in [5.41, 5.74) is 4.52. The average Bonchev–Trinajstić information content (AvgIpc) is 2.61. The number of carbonyl (C=O) groups excluding carboxylic acids is 2. The lowest BCUT2D eigenvalue weighted by atomic mass is 9.81. The summed E-state index contributed by atoms with van der Waals surface area (Å²) in [5.74, 6) is -0.569. The van der Waals surface area contributed by atoms with Crippen LogP contribution in [0.25, 0.3) is 0 Å². The molecule has 0 amide bonds. The number of rotatable bonds is 5. The monoisotopic (exact) mass is 326 g/mol. The maximum atomic E-state index is 13.0. The van der Waals surface area contributed by atoms with Crippen molar-refractivity contribution < 1.29 is 19.1 Å². The molecular formula is C20H22O4. The lowest BCUT2D eigenvalue weighted by Crippen LogP contribution is -2.17. The number of hydrogen-bond acceptors (Lipinski definition) is 4. The van der Waals surface area contributed by atoms with Gasteiger partial charge in [-0.25, -0.2) is 4.79 Å². The van der Waals surface area contributed by atoms with E-state index in [0.29, 0.717) is 35.1 Å². The van der Waals surface area contributed by atoms with Gasteiger partial charge in [0.2, 0.25) is 0 Å². The Hall–Kier alpha value is -2.62. The Kier molecular flexibility index (Phi) is 5.74. The van der Waals surface area contributed by atoms with E-state index < -0.39 is 5.97 Å². The maximum absolute atomic E-state index is 13.0. The summed E-state index contributed by atoms with van der Waals surface area (Å²) in [5, 5.41) is 0. The van der Waals surface area contributed by atoms with Crippen LogP contribution in [0.4, 0.5) is 0 Å². The summed E-state index contributed by atoms with van der Waals surface area (Å²) in [6, 6.07) is 9.09. The third-order valence-corrected chi connectivity index (χ3v) is 4.25. The van der Waals surface area contributed by atoms with Crippen molar-refractivity contribution in [1.29, 1.82) is 0 Å². The Labute approximate surface area is 142 Å². The fraction of sp³-hybridized carbons (Fsp3) is 0.300. The van der Waals surface area contributed by atoms with Crippen LogP contribution in [0.1, 0.15) is 37.0 Å². The summed E-state index contributed by atoms with van der Waals surface area (Å²) in [6.07, 6.45) is 2.41. The highest BCUT2D eigenvalue weighted by Gasteiger charge is 2.28. The number of Topliss-reactive ketones (excluding diaryl/α,β-unsaturated/α-hetero) is 1. The van der Waals surface area contributed by atoms with Crippen LogP contribution in [0.15, 0.2) is 64.5 Å². The fourth-order valence-electron chi connectivity index (χ4n) is 2.75. The molecule has 0 atom stereocenters. The van der Waals surface area contributed by atoms with Crippen LogP contribution in [-0.2, 0) is 14.3 Å². The molecule has 0 N–H and O–H groups in total. The number of ketones is 1. The molecule has 1 aliphatic carbocycles. The van der Waals surface area contributed by atoms with Gasteiger partial charge in [0.1, 0.15) is 0 Å². The number of carbonyl (C=O) groups is 2. The molecule has 0 aromatic heterocycles. The zero-order valence-electron chi connectivity index (χ0n) is 14.5. The van der Waals surface area contributed by atoms with Crippen LogP contribution in [0.2, 0.25) is 0 Å². The zero-order valence-corrected chi connectivity index (χ0v) is 14.5. The summed E-state index contributed by atoms with van der Waals surface area (Å²) in [7, 11) is 2.79. The number of esters is 1. The molecule has 0 bridgehead atoms. The van der Waals surface area contributed by atoms with E-state index in [0.717, 1.165) is 11.1 Å². The predicted octanol–water partition coefficient (Wildman–Crippen LogP) is 4.00. The predicted molar refractivity (Wildman–Crippen MR) is 92.5 cm³/mol. The van der Waals surface area contributed by atoms with Crippen LogP contribution in [0.3, 0.4) is 0 Å². The molecule has 0 spiro atoms. The first-order valence-electron chi connectivity index (χ1n) is 7.78. The fourth-order valence-corrected chi connectivity index (χ4v) is 2.75. The Morgan fingerprint density at radius 3 is 2.08 bits per heavy atom. The number of allylic oxidation sites excluding steroid dienone is 3. The van der Waals surface area contributed by atoms with E-state index in [-0.39, 0.29) is 5.78 Å². The van der Waals surface area contributed by atoms with E-state index in [2.05, 4.69) is 0 Å². The third-order valence-electron chi connectivity index (χ3n) is 4.25. The number of ether oxygens (including phenoxy) is 2. The van der Waals surface area contributed by atoms with Gasteiger partial charge in [-0.1, -0.05) is 41.5 Å². The topological polar surface area (TPSA) is 52.6 Å². The van der Waals surface area contributed by atoms with Gasteiger partial charge in [-0.05, 0) is 32.3 Å². The molecular weight excluding hydrogens is 304 g/mol. The summed E-state index contributed by atoms with van der Waals surface area (Å²) < 4.78 is 9.92. The van der Waals surface area contributed by atoms with Gasteiger partial charge in [-0.15, -0.1) is 0 Å². The molecule has 0 fully saturated rings. The molecule has 0 saturated heterocycles. The van der Waals surface area contributed by atoms with E-state index in [1.54, 1.807) is 12.1 Å². The van der Waals surface area contributed by atoms with E-state index >= 15 is 0 Å². The smallest absolute Gasteiger partial charge is 0.341 e. The standard InChI is InChI=1S/C20H22O4/c1-13-10-16(18(12-23-3)20(22)24-4)17(11-14(13)2)19(21)15-8-6-5-7-9-15/h5-9,12H,10-11H2,1-4H3/b18-12-. The first kappa shape index (κ1) is 17.7. The van der Waals surface area contributed by atoms with Gasteiger partial charge in [0.05, 0.1) is 26.1 Å². The minimum atomic E-state index is -0.502. The molecule has 0 heterocycles. The molecule has 126 valence electrons. The van der Waals surface area contributed by atoms with E-state index in [4.69, 9.17) is 9.47 Å². The second-order valence-electron chi connectivity index (χ2n) is 5.83. The van der Waals surface area contributed by atoms with Crippen molar-refractivity contribution in [2.75, 3.05) is 14.2 Å². The Bertz CT molecular complexity index is 736. The van der Waals surface area contributed by atoms with E-state index in [9.17, 15) is 9.59 Å². The largest absolute Gasteiger partial charge is 0.503 e. The Morgan fingerprint density at radius 2 is 1.54 bits per heavy atom. The van der Waals surface area contributed by atoms with Gasteiger partial charge in [0.25, 0.3) is 0 Å². The third kappa shape index (κ3) is 3.65. The summed E-state index contributed by atoms with van der Waals surface area (Å²) >= 11 is 0. The van der Waals surface area contributed by atoms with Gasteiger partial charge >= 0.3 is 5.97 Å². The number of methoxy groups -OCH3 is 2. The molecule has 1 aromatic rings. The second-order valence-corrected chi connectivity index (χ2v) is 5.83.